The number of amides is 1. The quantitative estimate of drug-likeness (QED) is 0.850. The number of rotatable bonds is 2. The topological polar surface area (TPSA) is 41.4 Å². The van der Waals surface area contributed by atoms with Crippen molar-refractivity contribution in [2.75, 3.05) is 31.1 Å². The maximum absolute atomic E-state index is 13.9. The molecule has 2 aromatic rings. The Morgan fingerprint density at radius 2 is 1.79 bits per heavy atom. The van der Waals surface area contributed by atoms with Crippen molar-refractivity contribution in [3.63, 3.8) is 0 Å². The molecule has 0 bridgehead atoms. The average molecular weight is 330 g/mol. The third-order valence-electron chi connectivity index (χ3n) is 4.28. The molecule has 0 radical (unpaired) electrons. The van der Waals surface area contributed by atoms with Crippen LogP contribution in [0, 0.1) is 5.82 Å². The molecule has 128 valence electrons. The van der Waals surface area contributed by atoms with E-state index in [1.54, 1.807) is 34.1 Å². The summed E-state index contributed by atoms with van der Waals surface area (Å²) in [6.45, 7) is 8.53. The number of aromatic nitrogens is 2. The summed E-state index contributed by atoms with van der Waals surface area (Å²) >= 11 is 0. The van der Waals surface area contributed by atoms with Crippen LogP contribution < -0.4 is 4.90 Å². The molecule has 0 N–H and O–H groups in total. The lowest BCUT2D eigenvalue weighted by atomic mass is 10.1. The molecule has 2 heterocycles. The van der Waals surface area contributed by atoms with Crippen LogP contribution in [0.3, 0.4) is 0 Å². The molecule has 1 fully saturated rings. The van der Waals surface area contributed by atoms with Crippen LogP contribution in [-0.4, -0.2) is 46.8 Å². The summed E-state index contributed by atoms with van der Waals surface area (Å²) < 4.78 is 15.7. The molecule has 0 spiro atoms. The Hall–Kier alpha value is -2.37. The first-order valence-corrected chi connectivity index (χ1v) is 8.20. The highest BCUT2D eigenvalue weighted by Crippen LogP contribution is 2.21. The van der Waals surface area contributed by atoms with Crippen LogP contribution in [0.4, 0.5) is 10.1 Å². The van der Waals surface area contributed by atoms with Crippen LogP contribution in [0.25, 0.3) is 0 Å². The van der Waals surface area contributed by atoms with Crippen LogP contribution in [0.15, 0.2) is 36.7 Å². The van der Waals surface area contributed by atoms with E-state index in [2.05, 4.69) is 5.10 Å². The van der Waals surface area contributed by atoms with Crippen LogP contribution in [0.1, 0.15) is 31.1 Å². The van der Waals surface area contributed by atoms with Gasteiger partial charge in [0.1, 0.15) is 5.82 Å². The Morgan fingerprint density at radius 3 is 2.38 bits per heavy atom. The number of benzene rings is 1. The maximum Gasteiger partial charge on any atom is 0.257 e. The molecule has 0 saturated carbocycles. The summed E-state index contributed by atoms with van der Waals surface area (Å²) in [6, 6.07) is 6.76. The Morgan fingerprint density at radius 1 is 1.12 bits per heavy atom. The Labute approximate surface area is 141 Å². The molecule has 1 aromatic carbocycles. The molecule has 5 nitrogen and oxygen atoms in total. The largest absolute Gasteiger partial charge is 0.366 e. The second-order valence-corrected chi connectivity index (χ2v) is 7.08. The molecule has 1 aromatic heterocycles. The molecule has 0 atom stereocenters. The number of carbonyl (C=O) groups excluding carboxylic acids is 1. The number of hydrogen-bond acceptors (Lipinski definition) is 3. The molecule has 1 aliphatic heterocycles. The van der Waals surface area contributed by atoms with E-state index in [0.717, 1.165) is 0 Å². The number of hydrogen-bond donors (Lipinski definition) is 0. The van der Waals surface area contributed by atoms with Gasteiger partial charge in [-0.1, -0.05) is 12.1 Å². The highest BCUT2D eigenvalue weighted by Gasteiger charge is 2.25. The fraction of sp³-hybridized carbons (Fsp3) is 0.444. The van der Waals surface area contributed by atoms with Gasteiger partial charge < -0.3 is 9.80 Å². The predicted molar refractivity (Wildman–Crippen MR) is 91.7 cm³/mol. The molecule has 1 saturated heterocycles. The fourth-order valence-electron chi connectivity index (χ4n) is 2.84. The van der Waals surface area contributed by atoms with Gasteiger partial charge in [-0.2, -0.15) is 5.10 Å². The normalized spacial score (nSPS) is 15.7. The van der Waals surface area contributed by atoms with Crippen LogP contribution >= 0.6 is 0 Å². The van der Waals surface area contributed by atoms with Crippen molar-refractivity contribution in [1.29, 1.82) is 0 Å². The van der Waals surface area contributed by atoms with E-state index in [9.17, 15) is 9.18 Å². The van der Waals surface area contributed by atoms with Crippen molar-refractivity contribution in [3.8, 4) is 0 Å². The third kappa shape index (κ3) is 3.27. The van der Waals surface area contributed by atoms with Gasteiger partial charge >= 0.3 is 0 Å². The van der Waals surface area contributed by atoms with Gasteiger partial charge in [0.05, 0.1) is 23.0 Å². The number of anilines is 1. The van der Waals surface area contributed by atoms with Gasteiger partial charge in [-0.25, -0.2) is 4.39 Å². The van der Waals surface area contributed by atoms with E-state index >= 15 is 0 Å². The summed E-state index contributed by atoms with van der Waals surface area (Å²) in [4.78, 5) is 16.4. The summed E-state index contributed by atoms with van der Waals surface area (Å²) in [5.41, 5.74) is 1.05. The van der Waals surface area contributed by atoms with Crippen molar-refractivity contribution in [1.82, 2.24) is 14.7 Å². The van der Waals surface area contributed by atoms with Crippen molar-refractivity contribution in [2.24, 2.45) is 0 Å². The van der Waals surface area contributed by atoms with Crippen molar-refractivity contribution < 1.29 is 9.18 Å². The van der Waals surface area contributed by atoms with Gasteiger partial charge in [-0.05, 0) is 32.9 Å². The van der Waals surface area contributed by atoms with Gasteiger partial charge in [-0.3, -0.25) is 9.48 Å². The molecule has 24 heavy (non-hydrogen) atoms. The Balaban J connectivity index is 1.65. The van der Waals surface area contributed by atoms with Gasteiger partial charge in [-0.15, -0.1) is 0 Å². The van der Waals surface area contributed by atoms with Gasteiger partial charge in [0.2, 0.25) is 0 Å². The lowest BCUT2D eigenvalue weighted by Crippen LogP contribution is -2.49. The number of para-hydroxylation sites is 1. The van der Waals surface area contributed by atoms with E-state index in [4.69, 9.17) is 0 Å². The van der Waals surface area contributed by atoms with Crippen molar-refractivity contribution in [2.45, 2.75) is 26.3 Å². The third-order valence-corrected chi connectivity index (χ3v) is 4.28. The van der Waals surface area contributed by atoms with E-state index in [-0.39, 0.29) is 17.3 Å². The van der Waals surface area contributed by atoms with Gasteiger partial charge in [0, 0.05) is 32.4 Å². The molecular weight excluding hydrogens is 307 g/mol. The average Bonchev–Trinajstić information content (AvgIpc) is 3.05. The van der Waals surface area contributed by atoms with Crippen molar-refractivity contribution >= 4 is 11.6 Å². The summed E-state index contributed by atoms with van der Waals surface area (Å²) in [5, 5.41) is 4.29. The first-order valence-electron chi connectivity index (χ1n) is 8.20. The molecular formula is C18H23FN4O. The number of nitrogens with zero attached hydrogens (tertiary/aromatic N) is 4. The first-order chi connectivity index (χ1) is 11.4. The highest BCUT2D eigenvalue weighted by molar-refractivity contribution is 5.93. The van der Waals surface area contributed by atoms with Crippen LogP contribution in [0.5, 0.6) is 0 Å². The number of carbonyl (C=O) groups is 1. The lowest BCUT2D eigenvalue weighted by molar-refractivity contribution is 0.0746. The molecule has 0 aliphatic carbocycles. The van der Waals surface area contributed by atoms with E-state index in [1.165, 1.54) is 6.07 Å². The number of piperazine rings is 1. The molecule has 3 rings (SSSR count). The van der Waals surface area contributed by atoms with Gasteiger partial charge in [0.15, 0.2) is 0 Å². The minimum Gasteiger partial charge on any atom is -0.366 e. The Kier molecular flexibility index (Phi) is 4.30. The molecule has 0 unspecified atom stereocenters. The zero-order valence-corrected chi connectivity index (χ0v) is 14.4. The Bertz CT molecular complexity index is 727. The monoisotopic (exact) mass is 330 g/mol. The zero-order valence-electron chi connectivity index (χ0n) is 14.4. The molecule has 6 heteroatoms. The zero-order chi connectivity index (χ0) is 17.3. The smallest absolute Gasteiger partial charge is 0.257 e. The van der Waals surface area contributed by atoms with E-state index in [1.807, 2.05) is 31.7 Å². The van der Waals surface area contributed by atoms with E-state index < -0.39 is 0 Å². The minimum absolute atomic E-state index is 0.0151. The second kappa shape index (κ2) is 6.26. The molecule has 1 aliphatic rings. The van der Waals surface area contributed by atoms with Crippen LogP contribution in [0.2, 0.25) is 0 Å². The summed E-state index contributed by atoms with van der Waals surface area (Å²) in [5.74, 6) is -0.234. The summed E-state index contributed by atoms with van der Waals surface area (Å²) in [6.07, 6.45) is 3.42. The SMILES string of the molecule is CC(C)(C)n1cc(C(=O)N2CCN(c3ccccc3F)CC2)cn1. The minimum atomic E-state index is -0.219. The maximum atomic E-state index is 13.9. The van der Waals surface area contributed by atoms with E-state index in [0.29, 0.717) is 37.4 Å². The fourth-order valence-corrected chi connectivity index (χ4v) is 2.84. The lowest BCUT2D eigenvalue weighted by Gasteiger charge is -2.36. The molecule has 1 amide bonds. The first kappa shape index (κ1) is 16.5. The van der Waals surface area contributed by atoms with Gasteiger partial charge in [0.25, 0.3) is 5.91 Å². The highest BCUT2D eigenvalue weighted by atomic mass is 19.1. The standard InChI is InChI=1S/C18H23FN4O/c1-18(2,3)23-13-14(12-20-23)17(24)22-10-8-21(9-11-22)16-7-5-4-6-15(16)19/h4-7,12-13H,8-11H2,1-3H3. The van der Waals surface area contributed by atoms with Crippen LogP contribution in [-0.2, 0) is 5.54 Å². The summed E-state index contributed by atoms with van der Waals surface area (Å²) in [7, 11) is 0. The number of halogens is 1. The van der Waals surface area contributed by atoms with Crippen molar-refractivity contribution in [3.05, 3.63) is 48.0 Å². The predicted octanol–water partition coefficient (Wildman–Crippen LogP) is 2.74. The second-order valence-electron chi connectivity index (χ2n) is 7.08.